The fourth-order valence-corrected chi connectivity index (χ4v) is 5.49. The molecular formula is C32H33N7. The van der Waals surface area contributed by atoms with Gasteiger partial charge < -0.3 is 10.3 Å². The minimum absolute atomic E-state index is 0.701. The molecule has 7 nitrogen and oxygen atoms in total. The van der Waals surface area contributed by atoms with E-state index in [2.05, 4.69) is 74.3 Å². The second-order valence-electron chi connectivity index (χ2n) is 10.2. The maximum atomic E-state index is 4.93. The van der Waals surface area contributed by atoms with Gasteiger partial charge in [0, 0.05) is 36.1 Å². The molecule has 0 saturated heterocycles. The van der Waals surface area contributed by atoms with E-state index in [9.17, 15) is 0 Å². The van der Waals surface area contributed by atoms with Crippen molar-refractivity contribution in [3.8, 4) is 22.8 Å². The van der Waals surface area contributed by atoms with Gasteiger partial charge in [0.1, 0.15) is 11.2 Å². The summed E-state index contributed by atoms with van der Waals surface area (Å²) < 4.78 is 0. The van der Waals surface area contributed by atoms with E-state index >= 15 is 0 Å². The Kier molecular flexibility index (Phi) is 7.15. The molecule has 0 bridgehead atoms. The number of aromatic nitrogens is 6. The van der Waals surface area contributed by atoms with E-state index in [1.807, 2.05) is 24.3 Å². The molecule has 7 heteroatoms. The minimum atomic E-state index is 0.701. The molecule has 196 valence electrons. The van der Waals surface area contributed by atoms with Gasteiger partial charge in [-0.15, -0.1) is 0 Å². The largest absolute Gasteiger partial charge is 0.336 e. The average Bonchev–Trinajstić information content (AvgIpc) is 3.74. The molecule has 0 spiro atoms. The van der Waals surface area contributed by atoms with Crippen molar-refractivity contribution in [3.63, 3.8) is 0 Å². The molecule has 1 aliphatic rings. The Bertz CT molecular complexity index is 1670. The average molecular weight is 516 g/mol. The Hall–Kier alpha value is -4.36. The Morgan fingerprint density at radius 3 is 2.79 bits per heavy atom. The van der Waals surface area contributed by atoms with Gasteiger partial charge in [0.2, 0.25) is 0 Å². The number of pyridine rings is 2. The van der Waals surface area contributed by atoms with Crippen molar-refractivity contribution in [1.82, 2.24) is 35.5 Å². The van der Waals surface area contributed by atoms with E-state index in [0.29, 0.717) is 5.82 Å². The molecule has 4 heterocycles. The molecule has 39 heavy (non-hydrogen) atoms. The quantitative estimate of drug-likeness (QED) is 0.186. The molecule has 1 aliphatic carbocycles. The van der Waals surface area contributed by atoms with Crippen molar-refractivity contribution < 1.29 is 0 Å². The first kappa shape index (κ1) is 24.9. The van der Waals surface area contributed by atoms with Gasteiger partial charge in [0.05, 0.1) is 16.7 Å². The Morgan fingerprint density at radius 2 is 2.00 bits per heavy atom. The second-order valence-corrected chi connectivity index (χ2v) is 10.2. The van der Waals surface area contributed by atoms with Gasteiger partial charge in [0.25, 0.3) is 0 Å². The molecule has 1 aromatic carbocycles. The number of allylic oxidation sites excluding steroid dienone is 3. The van der Waals surface area contributed by atoms with Crippen molar-refractivity contribution in [1.29, 1.82) is 0 Å². The smallest absolute Gasteiger partial charge is 0.159 e. The van der Waals surface area contributed by atoms with Gasteiger partial charge in [-0.05, 0) is 79.3 Å². The predicted octanol–water partition coefficient (Wildman–Crippen LogP) is 6.86. The Morgan fingerprint density at radius 1 is 1.10 bits per heavy atom. The minimum Gasteiger partial charge on any atom is -0.336 e. The summed E-state index contributed by atoms with van der Waals surface area (Å²) in [6.07, 6.45) is 17.1. The van der Waals surface area contributed by atoms with Crippen molar-refractivity contribution in [2.75, 3.05) is 13.1 Å². The third-order valence-corrected chi connectivity index (χ3v) is 7.61. The first-order valence-corrected chi connectivity index (χ1v) is 13.7. The Labute approximate surface area is 228 Å². The molecule has 3 N–H and O–H groups in total. The van der Waals surface area contributed by atoms with Crippen molar-refractivity contribution in [2.24, 2.45) is 5.92 Å². The van der Waals surface area contributed by atoms with Gasteiger partial charge in [-0.2, -0.15) is 5.10 Å². The van der Waals surface area contributed by atoms with Crippen LogP contribution in [0, 0.1) is 5.92 Å². The van der Waals surface area contributed by atoms with Crippen LogP contribution in [0.3, 0.4) is 0 Å². The summed E-state index contributed by atoms with van der Waals surface area (Å²) in [6.45, 7) is 8.04. The number of imidazole rings is 1. The highest BCUT2D eigenvalue weighted by Gasteiger charge is 2.17. The fraction of sp³-hybridized carbons (Fsp3) is 0.250. The number of rotatable bonds is 9. The van der Waals surface area contributed by atoms with Crippen LogP contribution in [0.2, 0.25) is 0 Å². The summed E-state index contributed by atoms with van der Waals surface area (Å²) >= 11 is 0. The number of aromatic amines is 2. The van der Waals surface area contributed by atoms with Crippen LogP contribution in [-0.4, -0.2) is 43.2 Å². The predicted molar refractivity (Wildman–Crippen MR) is 159 cm³/mol. The molecule has 0 atom stereocenters. The van der Waals surface area contributed by atoms with E-state index in [4.69, 9.17) is 4.98 Å². The third-order valence-electron chi connectivity index (χ3n) is 7.61. The zero-order valence-electron chi connectivity index (χ0n) is 22.2. The molecule has 1 saturated carbocycles. The highest BCUT2D eigenvalue weighted by atomic mass is 15.1. The van der Waals surface area contributed by atoms with Gasteiger partial charge in [-0.3, -0.25) is 15.1 Å². The van der Waals surface area contributed by atoms with E-state index in [0.717, 1.165) is 69.0 Å². The molecule has 1 fully saturated rings. The monoisotopic (exact) mass is 515 g/mol. The first-order chi connectivity index (χ1) is 19.2. The summed E-state index contributed by atoms with van der Waals surface area (Å²) in [4.78, 5) is 17.2. The summed E-state index contributed by atoms with van der Waals surface area (Å²) in [5, 5.41) is 12.5. The molecule has 0 radical (unpaired) electrons. The van der Waals surface area contributed by atoms with Crippen LogP contribution < -0.4 is 5.32 Å². The van der Waals surface area contributed by atoms with Gasteiger partial charge in [0.15, 0.2) is 5.82 Å². The SMILES string of the molecule is C=C/C(=C\C(=C/C)c1ccc2[nH]nc(-c3nc4c(-c5cccnc5)nccc4[nH]3)c2c1)CNCC1CCCC1. The van der Waals surface area contributed by atoms with E-state index in [1.165, 1.54) is 31.3 Å². The molecule has 0 aliphatic heterocycles. The molecule has 6 rings (SSSR count). The molecule has 5 aromatic rings. The first-order valence-electron chi connectivity index (χ1n) is 13.7. The number of nitrogens with zero attached hydrogens (tertiary/aromatic N) is 4. The number of benzene rings is 1. The third kappa shape index (κ3) is 5.18. The number of hydrogen-bond acceptors (Lipinski definition) is 5. The summed E-state index contributed by atoms with van der Waals surface area (Å²) in [7, 11) is 0. The molecule has 0 unspecified atom stereocenters. The summed E-state index contributed by atoms with van der Waals surface area (Å²) in [6, 6.07) is 12.2. The lowest BCUT2D eigenvalue weighted by Gasteiger charge is -2.12. The maximum absolute atomic E-state index is 4.93. The van der Waals surface area contributed by atoms with Crippen LogP contribution in [0.25, 0.3) is 50.3 Å². The molecule has 0 amide bonds. The lowest BCUT2D eigenvalue weighted by atomic mass is 10.00. The summed E-state index contributed by atoms with van der Waals surface area (Å²) in [5.74, 6) is 1.51. The van der Waals surface area contributed by atoms with Crippen LogP contribution >= 0.6 is 0 Å². The normalized spacial score (nSPS) is 15.0. The zero-order valence-corrected chi connectivity index (χ0v) is 22.2. The van der Waals surface area contributed by atoms with Crippen LogP contribution in [0.5, 0.6) is 0 Å². The van der Waals surface area contributed by atoms with E-state index in [-0.39, 0.29) is 0 Å². The van der Waals surface area contributed by atoms with Crippen LogP contribution in [-0.2, 0) is 0 Å². The van der Waals surface area contributed by atoms with Gasteiger partial charge in [-0.25, -0.2) is 4.98 Å². The number of H-pyrrole nitrogens is 2. The van der Waals surface area contributed by atoms with Crippen LogP contribution in [0.15, 0.2) is 85.4 Å². The molecule has 4 aromatic heterocycles. The number of nitrogens with one attached hydrogen (secondary N) is 3. The number of hydrogen-bond donors (Lipinski definition) is 3. The van der Waals surface area contributed by atoms with Crippen molar-refractivity contribution >= 4 is 27.5 Å². The van der Waals surface area contributed by atoms with Crippen molar-refractivity contribution in [3.05, 3.63) is 90.9 Å². The van der Waals surface area contributed by atoms with Crippen LogP contribution in [0.4, 0.5) is 0 Å². The summed E-state index contributed by atoms with van der Waals surface area (Å²) in [5.41, 5.74) is 8.61. The van der Waals surface area contributed by atoms with Gasteiger partial charge in [-0.1, -0.05) is 43.7 Å². The van der Waals surface area contributed by atoms with Gasteiger partial charge >= 0.3 is 0 Å². The lowest BCUT2D eigenvalue weighted by Crippen LogP contribution is -2.23. The standard InChI is InChI=1S/C32H33N7/c1-3-21(18-34-19-22-8-5-6-9-22)16-23(4-2)24-11-12-27-26(17-24)30(39-38-27)32-36-28-13-15-35-29(31(28)37-32)25-10-7-14-33-20-25/h3-4,7,10-17,20,22,34H,1,5-6,8-9,18-19H2,2H3,(H,36,37)(H,38,39)/b21-16+,23-4+. The fourth-order valence-electron chi connectivity index (χ4n) is 5.49. The number of fused-ring (bicyclic) bond motifs is 2. The second kappa shape index (κ2) is 11.2. The maximum Gasteiger partial charge on any atom is 0.159 e. The van der Waals surface area contributed by atoms with E-state index < -0.39 is 0 Å². The highest BCUT2D eigenvalue weighted by Crippen LogP contribution is 2.32. The van der Waals surface area contributed by atoms with E-state index in [1.54, 1.807) is 18.6 Å². The van der Waals surface area contributed by atoms with Crippen molar-refractivity contribution in [2.45, 2.75) is 32.6 Å². The lowest BCUT2D eigenvalue weighted by molar-refractivity contribution is 0.503. The highest BCUT2D eigenvalue weighted by molar-refractivity contribution is 5.97. The zero-order chi connectivity index (χ0) is 26.6. The Balaban J connectivity index is 1.30. The molecular weight excluding hydrogens is 482 g/mol. The topological polar surface area (TPSA) is 95.2 Å². The van der Waals surface area contributed by atoms with Crippen LogP contribution in [0.1, 0.15) is 38.2 Å².